The minimum absolute atomic E-state index is 0.163. The maximum absolute atomic E-state index is 12.5. The third-order valence-corrected chi connectivity index (χ3v) is 4.55. The van der Waals surface area contributed by atoms with Gasteiger partial charge in [-0.2, -0.15) is 0 Å². The minimum atomic E-state index is -0.512. The van der Waals surface area contributed by atoms with Gasteiger partial charge in [-0.1, -0.05) is 66.7 Å². The standard InChI is InChI=1S/C24H26O2/c1-24(2,3)23(25)26-22(16-13-18-9-5-4-6-10-18)21-15-14-19-11-7-8-12-20(19)17-21/h4-12,14-15,17,22H,13,16H2,1-3H3. The Hall–Kier alpha value is -2.61. The molecule has 0 fully saturated rings. The van der Waals surface area contributed by atoms with Crippen LogP contribution < -0.4 is 0 Å². The van der Waals surface area contributed by atoms with Crippen LogP contribution in [0.5, 0.6) is 0 Å². The lowest BCUT2D eigenvalue weighted by atomic mass is 9.95. The summed E-state index contributed by atoms with van der Waals surface area (Å²) >= 11 is 0. The first-order chi connectivity index (χ1) is 12.4. The van der Waals surface area contributed by atoms with E-state index in [9.17, 15) is 4.79 Å². The lowest BCUT2D eigenvalue weighted by Gasteiger charge is -2.24. The molecule has 0 spiro atoms. The normalized spacial score (nSPS) is 12.7. The number of hydrogen-bond donors (Lipinski definition) is 0. The van der Waals surface area contributed by atoms with Crippen LogP contribution in [0.4, 0.5) is 0 Å². The first-order valence-electron chi connectivity index (χ1n) is 9.17. The second-order valence-corrected chi connectivity index (χ2v) is 7.77. The molecule has 134 valence electrons. The number of fused-ring (bicyclic) bond motifs is 1. The minimum Gasteiger partial charge on any atom is -0.457 e. The number of esters is 1. The fourth-order valence-corrected chi connectivity index (χ4v) is 2.95. The third-order valence-electron chi connectivity index (χ3n) is 4.55. The monoisotopic (exact) mass is 346 g/mol. The second-order valence-electron chi connectivity index (χ2n) is 7.77. The molecule has 0 aliphatic carbocycles. The molecule has 26 heavy (non-hydrogen) atoms. The molecule has 0 heterocycles. The first kappa shape index (κ1) is 18.2. The zero-order chi connectivity index (χ0) is 18.6. The largest absolute Gasteiger partial charge is 0.457 e. The maximum Gasteiger partial charge on any atom is 0.311 e. The number of ether oxygens (including phenoxy) is 1. The van der Waals surface area contributed by atoms with Gasteiger partial charge in [0, 0.05) is 0 Å². The average Bonchev–Trinajstić information content (AvgIpc) is 2.64. The van der Waals surface area contributed by atoms with Crippen molar-refractivity contribution >= 4 is 16.7 Å². The van der Waals surface area contributed by atoms with Gasteiger partial charge in [0.1, 0.15) is 6.10 Å². The third kappa shape index (κ3) is 4.51. The van der Waals surface area contributed by atoms with Crippen molar-refractivity contribution in [1.29, 1.82) is 0 Å². The molecule has 0 aliphatic rings. The molecule has 0 saturated carbocycles. The Morgan fingerprint density at radius 3 is 2.23 bits per heavy atom. The van der Waals surface area contributed by atoms with Crippen LogP contribution in [0, 0.1) is 5.41 Å². The molecule has 0 amide bonds. The van der Waals surface area contributed by atoms with Crippen LogP contribution in [-0.4, -0.2) is 5.97 Å². The summed E-state index contributed by atoms with van der Waals surface area (Å²) in [4.78, 5) is 12.5. The topological polar surface area (TPSA) is 26.3 Å². The highest BCUT2D eigenvalue weighted by atomic mass is 16.5. The predicted molar refractivity (Wildman–Crippen MR) is 107 cm³/mol. The van der Waals surface area contributed by atoms with Crippen LogP contribution in [0.3, 0.4) is 0 Å². The van der Waals surface area contributed by atoms with Crippen molar-refractivity contribution in [3.8, 4) is 0 Å². The molecule has 2 heteroatoms. The molecule has 1 atom stereocenters. The molecule has 0 aliphatic heterocycles. The molecular formula is C24H26O2. The van der Waals surface area contributed by atoms with Crippen molar-refractivity contribution in [2.75, 3.05) is 0 Å². The highest BCUT2D eigenvalue weighted by Crippen LogP contribution is 2.29. The molecule has 3 rings (SSSR count). The Labute approximate surface area is 155 Å². The van der Waals surface area contributed by atoms with E-state index in [4.69, 9.17) is 4.74 Å². The molecule has 0 bridgehead atoms. The van der Waals surface area contributed by atoms with Crippen molar-refractivity contribution in [2.45, 2.75) is 39.7 Å². The van der Waals surface area contributed by atoms with Gasteiger partial charge in [0.15, 0.2) is 0 Å². The Kier molecular flexibility index (Phi) is 5.41. The average molecular weight is 346 g/mol. The van der Waals surface area contributed by atoms with E-state index in [1.165, 1.54) is 16.3 Å². The number of carbonyl (C=O) groups is 1. The fraction of sp³-hybridized carbons (Fsp3) is 0.292. The Morgan fingerprint density at radius 2 is 1.54 bits per heavy atom. The summed E-state index contributed by atoms with van der Waals surface area (Å²) in [6.07, 6.45) is 1.39. The maximum atomic E-state index is 12.5. The summed E-state index contributed by atoms with van der Waals surface area (Å²) in [5, 5.41) is 2.36. The summed E-state index contributed by atoms with van der Waals surface area (Å²) in [5.74, 6) is -0.163. The van der Waals surface area contributed by atoms with Crippen LogP contribution in [0.1, 0.15) is 44.4 Å². The molecule has 1 unspecified atom stereocenters. The second kappa shape index (κ2) is 7.74. The van der Waals surface area contributed by atoms with E-state index in [-0.39, 0.29) is 12.1 Å². The zero-order valence-electron chi connectivity index (χ0n) is 15.7. The van der Waals surface area contributed by atoms with Crippen LogP contribution >= 0.6 is 0 Å². The predicted octanol–water partition coefficient (Wildman–Crippen LogP) is 6.10. The van der Waals surface area contributed by atoms with Gasteiger partial charge in [-0.25, -0.2) is 0 Å². The number of carbonyl (C=O) groups excluding carboxylic acids is 1. The van der Waals surface area contributed by atoms with Gasteiger partial charge in [0.25, 0.3) is 0 Å². The summed E-state index contributed by atoms with van der Waals surface area (Å²) in [6, 6.07) is 24.9. The molecule has 3 aromatic rings. The van der Waals surface area contributed by atoms with Gasteiger partial charge in [-0.3, -0.25) is 4.79 Å². The summed E-state index contributed by atoms with van der Waals surface area (Å²) < 4.78 is 5.93. The lowest BCUT2D eigenvalue weighted by Crippen LogP contribution is -2.25. The van der Waals surface area contributed by atoms with Gasteiger partial charge >= 0.3 is 5.97 Å². The highest BCUT2D eigenvalue weighted by Gasteiger charge is 2.27. The van der Waals surface area contributed by atoms with Gasteiger partial charge in [0.05, 0.1) is 5.41 Å². The first-order valence-corrected chi connectivity index (χ1v) is 9.17. The van der Waals surface area contributed by atoms with E-state index < -0.39 is 5.41 Å². The highest BCUT2D eigenvalue weighted by molar-refractivity contribution is 5.83. The van der Waals surface area contributed by atoms with E-state index in [0.29, 0.717) is 0 Å². The summed E-state index contributed by atoms with van der Waals surface area (Å²) in [5.41, 5.74) is 1.80. The van der Waals surface area contributed by atoms with E-state index >= 15 is 0 Å². The van der Waals surface area contributed by atoms with Crippen molar-refractivity contribution in [2.24, 2.45) is 5.41 Å². The van der Waals surface area contributed by atoms with Crippen LogP contribution in [0.15, 0.2) is 72.8 Å². The number of hydrogen-bond acceptors (Lipinski definition) is 2. The van der Waals surface area contributed by atoms with Crippen LogP contribution in [-0.2, 0) is 16.0 Å². The van der Waals surface area contributed by atoms with E-state index in [1.54, 1.807) is 0 Å². The molecule has 0 saturated heterocycles. The van der Waals surface area contributed by atoms with Gasteiger partial charge in [-0.15, -0.1) is 0 Å². The summed E-state index contributed by atoms with van der Waals surface area (Å²) in [7, 11) is 0. The fourth-order valence-electron chi connectivity index (χ4n) is 2.95. The molecule has 2 nitrogen and oxygen atoms in total. The lowest BCUT2D eigenvalue weighted by molar-refractivity contribution is -0.159. The van der Waals surface area contributed by atoms with Gasteiger partial charge in [-0.05, 0) is 61.6 Å². The SMILES string of the molecule is CC(C)(C)C(=O)OC(CCc1ccccc1)c1ccc2ccccc2c1. The van der Waals surface area contributed by atoms with Crippen molar-refractivity contribution < 1.29 is 9.53 Å². The smallest absolute Gasteiger partial charge is 0.311 e. The van der Waals surface area contributed by atoms with Gasteiger partial charge in [0.2, 0.25) is 0 Å². The number of benzene rings is 3. The quantitative estimate of drug-likeness (QED) is 0.522. The van der Waals surface area contributed by atoms with E-state index in [1.807, 2.05) is 51.1 Å². The Bertz CT molecular complexity index is 875. The molecule has 0 radical (unpaired) electrons. The Balaban J connectivity index is 1.86. The number of rotatable bonds is 5. The van der Waals surface area contributed by atoms with E-state index in [0.717, 1.165) is 18.4 Å². The molecule has 0 N–H and O–H groups in total. The Morgan fingerprint density at radius 1 is 0.885 bits per heavy atom. The molecule has 3 aromatic carbocycles. The summed E-state index contributed by atoms with van der Waals surface area (Å²) in [6.45, 7) is 5.68. The van der Waals surface area contributed by atoms with Crippen LogP contribution in [0.25, 0.3) is 10.8 Å². The number of aryl methyl sites for hydroxylation is 1. The van der Waals surface area contributed by atoms with Gasteiger partial charge < -0.3 is 4.74 Å². The van der Waals surface area contributed by atoms with Crippen molar-refractivity contribution in [1.82, 2.24) is 0 Å². The van der Waals surface area contributed by atoms with E-state index in [2.05, 4.69) is 42.5 Å². The zero-order valence-corrected chi connectivity index (χ0v) is 15.7. The van der Waals surface area contributed by atoms with Crippen LogP contribution in [0.2, 0.25) is 0 Å². The van der Waals surface area contributed by atoms with Crippen molar-refractivity contribution in [3.05, 3.63) is 83.9 Å². The molecule has 0 aromatic heterocycles. The van der Waals surface area contributed by atoms with Crippen molar-refractivity contribution in [3.63, 3.8) is 0 Å². The molecular weight excluding hydrogens is 320 g/mol.